The third-order valence-corrected chi connectivity index (χ3v) is 2.91. The van der Waals surface area contributed by atoms with E-state index in [0.29, 0.717) is 13.0 Å². The standard InChI is InChI=1S/C15H15FN2O2/c16-11-3-1-2-10(8-11)6-7-18-12-4-5-13(15(19)20)14(17)9-12/h1-5,8-9,18H,6-7,17H2,(H,19,20). The van der Waals surface area contributed by atoms with Gasteiger partial charge in [0.2, 0.25) is 0 Å². The zero-order chi connectivity index (χ0) is 14.5. The molecule has 0 amide bonds. The Bertz CT molecular complexity index is 629. The Hall–Kier alpha value is -2.56. The molecule has 0 aromatic heterocycles. The van der Waals surface area contributed by atoms with E-state index in [9.17, 15) is 9.18 Å². The van der Waals surface area contributed by atoms with Crippen LogP contribution in [0.15, 0.2) is 42.5 Å². The molecule has 2 rings (SSSR count). The first kappa shape index (κ1) is 13.9. The quantitative estimate of drug-likeness (QED) is 0.733. The highest BCUT2D eigenvalue weighted by Crippen LogP contribution is 2.18. The van der Waals surface area contributed by atoms with E-state index in [-0.39, 0.29) is 17.1 Å². The van der Waals surface area contributed by atoms with Crippen LogP contribution in [0.5, 0.6) is 0 Å². The van der Waals surface area contributed by atoms with E-state index >= 15 is 0 Å². The van der Waals surface area contributed by atoms with Crippen molar-refractivity contribution in [1.82, 2.24) is 0 Å². The Labute approximate surface area is 116 Å². The maximum Gasteiger partial charge on any atom is 0.337 e. The second-order valence-corrected chi connectivity index (χ2v) is 4.41. The molecular formula is C15H15FN2O2. The number of carbonyl (C=O) groups is 1. The molecule has 0 saturated heterocycles. The number of carboxylic acids is 1. The van der Waals surface area contributed by atoms with Gasteiger partial charge in [-0.1, -0.05) is 12.1 Å². The molecule has 0 aliphatic heterocycles. The van der Waals surface area contributed by atoms with Crippen molar-refractivity contribution in [3.63, 3.8) is 0 Å². The largest absolute Gasteiger partial charge is 0.478 e. The number of nitrogen functional groups attached to an aromatic ring is 1. The molecule has 104 valence electrons. The summed E-state index contributed by atoms with van der Waals surface area (Å²) in [5.74, 6) is -1.30. The number of carboxylic acid groups (broad SMARTS) is 1. The van der Waals surface area contributed by atoms with Crippen LogP contribution in [-0.4, -0.2) is 17.6 Å². The molecule has 0 aliphatic rings. The summed E-state index contributed by atoms with van der Waals surface area (Å²) < 4.78 is 13.0. The molecule has 0 unspecified atom stereocenters. The van der Waals surface area contributed by atoms with Gasteiger partial charge in [-0.05, 0) is 42.3 Å². The summed E-state index contributed by atoms with van der Waals surface area (Å²) in [6, 6.07) is 11.1. The highest BCUT2D eigenvalue weighted by molar-refractivity contribution is 5.94. The van der Waals surface area contributed by atoms with Crippen LogP contribution >= 0.6 is 0 Å². The minimum atomic E-state index is -1.05. The Balaban J connectivity index is 1.94. The zero-order valence-corrected chi connectivity index (χ0v) is 10.8. The average Bonchev–Trinajstić information content (AvgIpc) is 2.38. The van der Waals surface area contributed by atoms with Crippen molar-refractivity contribution in [2.24, 2.45) is 0 Å². The first-order valence-corrected chi connectivity index (χ1v) is 6.17. The van der Waals surface area contributed by atoms with E-state index in [1.807, 2.05) is 6.07 Å². The van der Waals surface area contributed by atoms with Gasteiger partial charge >= 0.3 is 5.97 Å². The predicted molar refractivity (Wildman–Crippen MR) is 76.4 cm³/mol. The number of rotatable bonds is 5. The number of hydrogen-bond acceptors (Lipinski definition) is 3. The molecule has 0 radical (unpaired) electrons. The first-order chi connectivity index (χ1) is 9.56. The Morgan fingerprint density at radius 1 is 1.25 bits per heavy atom. The molecule has 20 heavy (non-hydrogen) atoms. The van der Waals surface area contributed by atoms with Crippen LogP contribution in [0.3, 0.4) is 0 Å². The number of hydrogen-bond donors (Lipinski definition) is 3. The SMILES string of the molecule is Nc1cc(NCCc2cccc(F)c2)ccc1C(=O)O. The van der Waals surface area contributed by atoms with Crippen molar-refractivity contribution in [2.75, 3.05) is 17.6 Å². The van der Waals surface area contributed by atoms with Gasteiger partial charge in [-0.25, -0.2) is 9.18 Å². The Kier molecular flexibility index (Phi) is 4.20. The van der Waals surface area contributed by atoms with Crippen LogP contribution < -0.4 is 11.1 Å². The van der Waals surface area contributed by atoms with Crippen LogP contribution in [0.1, 0.15) is 15.9 Å². The summed E-state index contributed by atoms with van der Waals surface area (Å²) in [5.41, 5.74) is 7.59. The van der Waals surface area contributed by atoms with Gasteiger partial charge in [0.15, 0.2) is 0 Å². The van der Waals surface area contributed by atoms with Crippen molar-refractivity contribution < 1.29 is 14.3 Å². The van der Waals surface area contributed by atoms with E-state index in [4.69, 9.17) is 10.8 Å². The third kappa shape index (κ3) is 3.47. The highest BCUT2D eigenvalue weighted by Gasteiger charge is 2.07. The smallest absolute Gasteiger partial charge is 0.337 e. The van der Waals surface area contributed by atoms with E-state index in [0.717, 1.165) is 11.3 Å². The number of benzene rings is 2. The van der Waals surface area contributed by atoms with Crippen LogP contribution in [-0.2, 0) is 6.42 Å². The monoisotopic (exact) mass is 274 g/mol. The van der Waals surface area contributed by atoms with Crippen molar-refractivity contribution in [3.8, 4) is 0 Å². The van der Waals surface area contributed by atoms with E-state index in [1.165, 1.54) is 18.2 Å². The molecule has 0 heterocycles. The molecule has 2 aromatic carbocycles. The first-order valence-electron chi connectivity index (χ1n) is 6.17. The Morgan fingerprint density at radius 2 is 2.05 bits per heavy atom. The number of nitrogens with one attached hydrogen (secondary N) is 1. The third-order valence-electron chi connectivity index (χ3n) is 2.91. The lowest BCUT2D eigenvalue weighted by atomic mass is 10.1. The van der Waals surface area contributed by atoms with Gasteiger partial charge in [-0.15, -0.1) is 0 Å². The van der Waals surface area contributed by atoms with E-state index in [2.05, 4.69) is 5.32 Å². The number of halogens is 1. The molecule has 0 fully saturated rings. The molecule has 0 bridgehead atoms. The van der Waals surface area contributed by atoms with E-state index in [1.54, 1.807) is 18.2 Å². The lowest BCUT2D eigenvalue weighted by molar-refractivity contribution is 0.0698. The molecule has 5 heteroatoms. The van der Waals surface area contributed by atoms with E-state index < -0.39 is 5.97 Å². The van der Waals surface area contributed by atoms with Crippen LogP contribution in [0.25, 0.3) is 0 Å². The van der Waals surface area contributed by atoms with Crippen molar-refractivity contribution >= 4 is 17.3 Å². The van der Waals surface area contributed by atoms with Crippen LogP contribution in [0, 0.1) is 5.82 Å². The normalized spacial score (nSPS) is 10.2. The number of aromatic carboxylic acids is 1. The summed E-state index contributed by atoms with van der Waals surface area (Å²) in [7, 11) is 0. The molecule has 0 atom stereocenters. The van der Waals surface area contributed by atoms with Crippen molar-refractivity contribution in [1.29, 1.82) is 0 Å². The van der Waals surface area contributed by atoms with Gasteiger partial charge in [0.25, 0.3) is 0 Å². The zero-order valence-electron chi connectivity index (χ0n) is 10.8. The maximum atomic E-state index is 13.0. The molecule has 0 aliphatic carbocycles. The number of anilines is 2. The summed E-state index contributed by atoms with van der Waals surface area (Å²) in [6.07, 6.45) is 0.665. The fraction of sp³-hybridized carbons (Fsp3) is 0.133. The number of nitrogens with two attached hydrogens (primary N) is 1. The summed E-state index contributed by atoms with van der Waals surface area (Å²) in [6.45, 7) is 0.606. The summed E-state index contributed by atoms with van der Waals surface area (Å²) >= 11 is 0. The topological polar surface area (TPSA) is 75.3 Å². The molecule has 4 nitrogen and oxygen atoms in total. The second-order valence-electron chi connectivity index (χ2n) is 4.41. The van der Waals surface area contributed by atoms with Crippen molar-refractivity contribution in [3.05, 3.63) is 59.4 Å². The van der Waals surface area contributed by atoms with Gasteiger partial charge in [-0.3, -0.25) is 0 Å². The minimum Gasteiger partial charge on any atom is -0.478 e. The fourth-order valence-corrected chi connectivity index (χ4v) is 1.91. The summed E-state index contributed by atoms with van der Waals surface area (Å²) in [5, 5.41) is 12.0. The van der Waals surface area contributed by atoms with Gasteiger partial charge in [0.1, 0.15) is 5.82 Å². The van der Waals surface area contributed by atoms with Crippen LogP contribution in [0.2, 0.25) is 0 Å². The Morgan fingerprint density at radius 3 is 2.70 bits per heavy atom. The second kappa shape index (κ2) is 6.06. The predicted octanol–water partition coefficient (Wildman–Crippen LogP) is 2.76. The molecular weight excluding hydrogens is 259 g/mol. The lowest BCUT2D eigenvalue weighted by Gasteiger charge is -2.08. The molecule has 0 spiro atoms. The average molecular weight is 274 g/mol. The minimum absolute atomic E-state index is 0.0840. The molecule has 0 saturated carbocycles. The van der Waals surface area contributed by atoms with Gasteiger partial charge in [0, 0.05) is 17.9 Å². The van der Waals surface area contributed by atoms with Crippen LogP contribution in [0.4, 0.5) is 15.8 Å². The van der Waals surface area contributed by atoms with Gasteiger partial charge in [-0.2, -0.15) is 0 Å². The maximum absolute atomic E-state index is 13.0. The highest BCUT2D eigenvalue weighted by atomic mass is 19.1. The molecule has 2 aromatic rings. The fourth-order valence-electron chi connectivity index (χ4n) is 1.91. The molecule has 4 N–H and O–H groups in total. The van der Waals surface area contributed by atoms with Crippen molar-refractivity contribution in [2.45, 2.75) is 6.42 Å². The van der Waals surface area contributed by atoms with Gasteiger partial charge < -0.3 is 16.2 Å². The van der Waals surface area contributed by atoms with Gasteiger partial charge in [0.05, 0.1) is 5.56 Å². The summed E-state index contributed by atoms with van der Waals surface area (Å²) in [4.78, 5) is 10.8. The lowest BCUT2D eigenvalue weighted by Crippen LogP contribution is -2.07.